The van der Waals surface area contributed by atoms with E-state index in [4.69, 9.17) is 0 Å². The molecule has 224 valence electrons. The van der Waals surface area contributed by atoms with E-state index >= 15 is 0 Å². The van der Waals surface area contributed by atoms with Crippen molar-refractivity contribution < 1.29 is 32.4 Å². The highest BCUT2D eigenvalue weighted by atomic mass is 32.2. The summed E-state index contributed by atoms with van der Waals surface area (Å²) in [5.74, 6) is -1.60. The van der Waals surface area contributed by atoms with Gasteiger partial charge in [0.05, 0.1) is 16.1 Å². The van der Waals surface area contributed by atoms with Crippen LogP contribution in [-0.2, 0) is 19.2 Å². The fraction of sp³-hybridized carbons (Fsp3) is 0.152. The van der Waals surface area contributed by atoms with Gasteiger partial charge in [-0.1, -0.05) is 84.9 Å². The maximum Gasteiger partial charge on any atom is 0.342 e. The van der Waals surface area contributed by atoms with Crippen LogP contribution in [-0.4, -0.2) is 46.8 Å². The first kappa shape index (κ1) is 29.7. The van der Waals surface area contributed by atoms with Crippen molar-refractivity contribution >= 4 is 56.5 Å². The molecule has 1 aliphatic rings. The summed E-state index contributed by atoms with van der Waals surface area (Å²) >= 11 is 0. The second-order valence-electron chi connectivity index (χ2n) is 10.7. The van der Waals surface area contributed by atoms with Crippen LogP contribution in [0.5, 0.6) is 0 Å². The van der Waals surface area contributed by atoms with E-state index in [1.807, 2.05) is 0 Å². The predicted octanol–water partition coefficient (Wildman–Crippen LogP) is 5.89. The fourth-order valence-corrected chi connectivity index (χ4v) is 8.72. The molecule has 2 atom stereocenters. The molecule has 1 heterocycles. The average Bonchev–Trinajstić information content (AvgIpc) is 3.52. The summed E-state index contributed by atoms with van der Waals surface area (Å²) in [4.78, 5) is 50.2. The Morgan fingerprint density at radius 3 is 2.14 bits per heavy atom. The number of likely N-dealkylation sites (tertiary alicyclic amines) is 1. The highest BCUT2D eigenvalue weighted by molar-refractivity contribution is 7.92. The van der Waals surface area contributed by atoms with E-state index in [9.17, 15) is 32.4 Å². The molecule has 0 aliphatic carbocycles. The van der Waals surface area contributed by atoms with Gasteiger partial charge in [0.15, 0.2) is 15.5 Å². The lowest BCUT2D eigenvalue weighted by atomic mass is 10.0. The Kier molecular flexibility index (Phi) is 7.86. The first-order chi connectivity index (χ1) is 21.1. The first-order valence-corrected chi connectivity index (χ1v) is 17.2. The molecule has 2 amide bonds. The number of rotatable bonds is 7. The fourth-order valence-electron chi connectivity index (χ4n) is 5.90. The zero-order valence-corrected chi connectivity index (χ0v) is 25.1. The third-order valence-electron chi connectivity index (χ3n) is 7.97. The number of anilines is 1. The standard InChI is InChI=1S/C33H29N2O7PS/c36-32(31(43(38,39)40)27-17-8-13-22-10-6-7-16-26(22)27)34-29-21-24-12-5-4-11-23(24)20-28(29)33(37)35-19-9-18-30(35)44(41,42)25-14-2-1-3-15-25/h1-8,10-17,20-21,30-31H,9,18-19H2,(H,34,36)(H2,38,39,40). The molecule has 0 bridgehead atoms. The topological polar surface area (TPSA) is 141 Å². The van der Waals surface area contributed by atoms with E-state index in [1.54, 1.807) is 91.0 Å². The Hall–Kier alpha value is -4.34. The number of nitrogens with zero attached hydrogens (tertiary/aromatic N) is 1. The van der Waals surface area contributed by atoms with Crippen LogP contribution < -0.4 is 5.32 Å². The minimum absolute atomic E-state index is 0.0228. The van der Waals surface area contributed by atoms with E-state index in [-0.39, 0.29) is 34.7 Å². The van der Waals surface area contributed by atoms with Crippen molar-refractivity contribution in [2.24, 2.45) is 0 Å². The molecule has 1 fully saturated rings. The summed E-state index contributed by atoms with van der Waals surface area (Å²) in [7, 11) is -8.95. The second kappa shape index (κ2) is 11.6. The Balaban J connectivity index is 1.42. The minimum atomic E-state index is -5.06. The molecular weight excluding hydrogens is 599 g/mol. The summed E-state index contributed by atoms with van der Waals surface area (Å²) < 4.78 is 40.0. The van der Waals surface area contributed by atoms with Crippen molar-refractivity contribution in [3.05, 3.63) is 120 Å². The number of benzene rings is 5. The first-order valence-electron chi connectivity index (χ1n) is 14.0. The molecule has 5 aromatic rings. The number of sulfone groups is 1. The molecule has 1 saturated heterocycles. The quantitative estimate of drug-likeness (QED) is 0.191. The van der Waals surface area contributed by atoms with E-state index in [1.165, 1.54) is 23.1 Å². The third kappa shape index (κ3) is 5.53. The van der Waals surface area contributed by atoms with Crippen LogP contribution >= 0.6 is 7.60 Å². The van der Waals surface area contributed by atoms with Gasteiger partial charge in [-0.25, -0.2) is 8.42 Å². The predicted molar refractivity (Wildman–Crippen MR) is 169 cm³/mol. The highest BCUT2D eigenvalue weighted by Crippen LogP contribution is 2.53. The molecule has 3 N–H and O–H groups in total. The number of carbonyl (C=O) groups excluding carboxylic acids is 2. The molecule has 44 heavy (non-hydrogen) atoms. The van der Waals surface area contributed by atoms with Crippen molar-refractivity contribution in [1.82, 2.24) is 4.90 Å². The van der Waals surface area contributed by atoms with Gasteiger partial charge in [-0.2, -0.15) is 0 Å². The van der Waals surface area contributed by atoms with Crippen LogP contribution in [0.3, 0.4) is 0 Å². The Morgan fingerprint density at radius 1 is 0.818 bits per heavy atom. The lowest BCUT2D eigenvalue weighted by Gasteiger charge is -2.26. The molecule has 6 rings (SSSR count). The van der Waals surface area contributed by atoms with Crippen LogP contribution in [0.2, 0.25) is 0 Å². The summed E-state index contributed by atoms with van der Waals surface area (Å²) in [6.07, 6.45) is 0.721. The molecule has 5 aromatic carbocycles. The van der Waals surface area contributed by atoms with Crippen molar-refractivity contribution in [2.45, 2.75) is 28.8 Å². The van der Waals surface area contributed by atoms with Gasteiger partial charge in [-0.15, -0.1) is 0 Å². The minimum Gasteiger partial charge on any atom is -0.324 e. The monoisotopic (exact) mass is 628 g/mol. The zero-order valence-electron chi connectivity index (χ0n) is 23.4. The van der Waals surface area contributed by atoms with Crippen LogP contribution in [0, 0.1) is 0 Å². The lowest BCUT2D eigenvalue weighted by molar-refractivity contribution is -0.116. The summed E-state index contributed by atoms with van der Waals surface area (Å²) in [6.45, 7) is 0.191. The second-order valence-corrected chi connectivity index (χ2v) is 14.5. The van der Waals surface area contributed by atoms with Crippen LogP contribution in [0.25, 0.3) is 21.5 Å². The maximum atomic E-state index is 14.1. The largest absolute Gasteiger partial charge is 0.342 e. The molecule has 11 heteroatoms. The third-order valence-corrected chi connectivity index (χ3v) is 11.3. The van der Waals surface area contributed by atoms with Gasteiger partial charge in [-0.05, 0) is 64.2 Å². The van der Waals surface area contributed by atoms with E-state index in [0.717, 1.165) is 0 Å². The summed E-state index contributed by atoms with van der Waals surface area (Å²) in [5.41, 5.74) is -1.66. The maximum absolute atomic E-state index is 14.1. The van der Waals surface area contributed by atoms with Crippen LogP contribution in [0.4, 0.5) is 5.69 Å². The average molecular weight is 629 g/mol. The van der Waals surface area contributed by atoms with Gasteiger partial charge < -0.3 is 20.0 Å². The zero-order chi connectivity index (χ0) is 31.1. The van der Waals surface area contributed by atoms with Crippen LogP contribution in [0.15, 0.2) is 114 Å². The van der Waals surface area contributed by atoms with Crippen molar-refractivity contribution in [3.63, 3.8) is 0 Å². The highest BCUT2D eigenvalue weighted by Gasteiger charge is 2.41. The number of hydrogen-bond donors (Lipinski definition) is 3. The molecule has 2 unspecified atom stereocenters. The Labute approximate surface area is 254 Å². The van der Waals surface area contributed by atoms with Gasteiger partial charge in [0.25, 0.3) is 5.91 Å². The lowest BCUT2D eigenvalue weighted by Crippen LogP contribution is -2.41. The number of nitrogens with one attached hydrogen (secondary N) is 1. The number of carbonyl (C=O) groups is 2. The normalized spacial score (nSPS) is 16.2. The van der Waals surface area contributed by atoms with Gasteiger partial charge in [0.1, 0.15) is 5.37 Å². The molecule has 0 aromatic heterocycles. The Morgan fingerprint density at radius 2 is 1.43 bits per heavy atom. The number of amides is 2. The molecular formula is C33H29N2O7PS. The van der Waals surface area contributed by atoms with Gasteiger partial charge in [0, 0.05) is 6.54 Å². The van der Waals surface area contributed by atoms with Crippen LogP contribution in [0.1, 0.15) is 34.4 Å². The molecule has 0 saturated carbocycles. The van der Waals surface area contributed by atoms with Gasteiger partial charge in [-0.3, -0.25) is 14.2 Å². The van der Waals surface area contributed by atoms with E-state index in [2.05, 4.69) is 5.32 Å². The summed E-state index contributed by atoms with van der Waals surface area (Å²) in [6, 6.07) is 30.1. The van der Waals surface area contributed by atoms with Crippen molar-refractivity contribution in [1.29, 1.82) is 0 Å². The molecule has 0 spiro atoms. The van der Waals surface area contributed by atoms with Gasteiger partial charge >= 0.3 is 7.60 Å². The Bertz CT molecular complexity index is 2060. The number of fused-ring (bicyclic) bond motifs is 2. The number of hydrogen-bond acceptors (Lipinski definition) is 5. The van der Waals surface area contributed by atoms with Crippen molar-refractivity contribution in [2.75, 3.05) is 11.9 Å². The van der Waals surface area contributed by atoms with Gasteiger partial charge in [0.2, 0.25) is 5.91 Å². The molecule has 0 radical (unpaired) electrons. The summed E-state index contributed by atoms with van der Waals surface area (Å²) in [5, 5.41) is 4.10. The van der Waals surface area contributed by atoms with Crippen molar-refractivity contribution in [3.8, 4) is 0 Å². The molecule has 9 nitrogen and oxygen atoms in total. The van der Waals surface area contributed by atoms with E-state index < -0.39 is 40.3 Å². The smallest absolute Gasteiger partial charge is 0.324 e. The van der Waals surface area contributed by atoms with E-state index in [0.29, 0.717) is 28.0 Å². The SMILES string of the molecule is O=C(Nc1cc2ccccc2cc1C(=O)N1CCCC1S(=O)(=O)c1ccccc1)C(c1cccc2ccccc12)P(=O)(O)O. The molecule has 1 aliphatic heterocycles.